The summed E-state index contributed by atoms with van der Waals surface area (Å²) in [6.45, 7) is 1.74. The normalized spacial score (nSPS) is 16.5. The molecule has 0 unspecified atom stereocenters. The van der Waals surface area contributed by atoms with E-state index in [1.165, 1.54) is 0 Å². The molecule has 3 rings (SSSR count). The summed E-state index contributed by atoms with van der Waals surface area (Å²) in [7, 11) is 0. The minimum Gasteiger partial charge on any atom is -0.399 e. The van der Waals surface area contributed by atoms with Crippen molar-refractivity contribution in [2.75, 3.05) is 30.3 Å². The first-order chi connectivity index (χ1) is 9.24. The maximum Gasteiger partial charge on any atom is 0.263 e. The number of benzene rings is 1. The van der Waals surface area contributed by atoms with Crippen molar-refractivity contribution in [3.8, 4) is 0 Å². The van der Waals surface area contributed by atoms with E-state index in [2.05, 4.69) is 0 Å². The van der Waals surface area contributed by atoms with E-state index in [0.717, 1.165) is 51.7 Å². The maximum absolute atomic E-state index is 12.5. The van der Waals surface area contributed by atoms with Crippen molar-refractivity contribution in [1.29, 1.82) is 0 Å². The lowest BCUT2D eigenvalue weighted by molar-refractivity contribution is 0.0773. The molecule has 19 heavy (non-hydrogen) atoms. The highest BCUT2D eigenvalue weighted by Gasteiger charge is 2.19. The van der Waals surface area contributed by atoms with E-state index < -0.39 is 0 Å². The van der Waals surface area contributed by atoms with Crippen LogP contribution >= 0.6 is 23.1 Å². The summed E-state index contributed by atoms with van der Waals surface area (Å²) in [5.74, 6) is 2.37. The van der Waals surface area contributed by atoms with Gasteiger partial charge >= 0.3 is 0 Å². The summed E-state index contributed by atoms with van der Waals surface area (Å²) in [5, 5.41) is 1.07. The minimum atomic E-state index is 0.169. The number of nitrogen functional groups attached to an aromatic ring is 1. The first-order valence-electron chi connectivity index (χ1n) is 6.40. The van der Waals surface area contributed by atoms with Crippen molar-refractivity contribution in [2.24, 2.45) is 0 Å². The molecular weight excluding hydrogens is 276 g/mol. The summed E-state index contributed by atoms with van der Waals surface area (Å²) in [6, 6.07) is 7.78. The van der Waals surface area contributed by atoms with Crippen LogP contribution in [0.4, 0.5) is 5.69 Å². The Morgan fingerprint density at radius 3 is 3.00 bits per heavy atom. The molecule has 2 aromatic rings. The fourth-order valence-corrected chi connectivity index (χ4v) is 4.17. The number of hydrogen-bond acceptors (Lipinski definition) is 4. The first kappa shape index (κ1) is 12.8. The average molecular weight is 292 g/mol. The molecule has 0 saturated carbocycles. The highest BCUT2D eigenvalue weighted by Crippen LogP contribution is 2.28. The summed E-state index contributed by atoms with van der Waals surface area (Å²) in [6.07, 6.45) is 1.09. The summed E-state index contributed by atoms with van der Waals surface area (Å²) < 4.78 is 1.13. The largest absolute Gasteiger partial charge is 0.399 e. The fourth-order valence-electron chi connectivity index (χ4n) is 2.27. The lowest BCUT2D eigenvalue weighted by Crippen LogP contribution is -2.32. The van der Waals surface area contributed by atoms with Gasteiger partial charge in [-0.05, 0) is 41.8 Å². The minimum absolute atomic E-state index is 0.169. The molecule has 3 nitrogen and oxygen atoms in total. The Morgan fingerprint density at radius 2 is 2.11 bits per heavy atom. The van der Waals surface area contributed by atoms with Crippen molar-refractivity contribution < 1.29 is 4.79 Å². The molecule has 5 heteroatoms. The number of carbonyl (C=O) groups excluding carboxylic acids is 1. The van der Waals surface area contributed by atoms with Gasteiger partial charge in [0.25, 0.3) is 5.91 Å². The second kappa shape index (κ2) is 5.43. The Kier molecular flexibility index (Phi) is 3.66. The van der Waals surface area contributed by atoms with Gasteiger partial charge in [0.2, 0.25) is 0 Å². The van der Waals surface area contributed by atoms with Gasteiger partial charge < -0.3 is 10.6 Å². The van der Waals surface area contributed by atoms with E-state index in [9.17, 15) is 4.79 Å². The van der Waals surface area contributed by atoms with Crippen LogP contribution in [0.1, 0.15) is 16.1 Å². The molecule has 100 valence electrons. The summed E-state index contributed by atoms with van der Waals surface area (Å²) in [4.78, 5) is 15.3. The number of thioether (sulfide) groups is 1. The molecule has 1 aromatic carbocycles. The van der Waals surface area contributed by atoms with Gasteiger partial charge in [0.1, 0.15) is 0 Å². The number of amides is 1. The fraction of sp³-hybridized carbons (Fsp3) is 0.357. The quantitative estimate of drug-likeness (QED) is 0.822. The summed E-state index contributed by atoms with van der Waals surface area (Å²) in [5.41, 5.74) is 6.53. The third kappa shape index (κ3) is 2.72. The van der Waals surface area contributed by atoms with Crippen LogP contribution < -0.4 is 5.73 Å². The van der Waals surface area contributed by atoms with Crippen LogP contribution in [0.2, 0.25) is 0 Å². The maximum atomic E-state index is 12.5. The molecular formula is C14H16N2OS2. The SMILES string of the molecule is Nc1ccc2sc(C(=O)N3CCCSCC3)cc2c1. The third-order valence-corrected chi connectivity index (χ3v) is 5.41. The van der Waals surface area contributed by atoms with Crippen molar-refractivity contribution >= 4 is 44.8 Å². The molecule has 0 spiro atoms. The number of carbonyl (C=O) groups is 1. The molecule has 1 aliphatic heterocycles. The van der Waals surface area contributed by atoms with Gasteiger partial charge in [-0.3, -0.25) is 4.79 Å². The van der Waals surface area contributed by atoms with Crippen molar-refractivity contribution in [2.45, 2.75) is 6.42 Å². The Morgan fingerprint density at radius 1 is 1.21 bits per heavy atom. The lowest BCUT2D eigenvalue weighted by Gasteiger charge is -2.18. The van der Waals surface area contributed by atoms with E-state index >= 15 is 0 Å². The third-order valence-electron chi connectivity index (χ3n) is 3.26. The van der Waals surface area contributed by atoms with Crippen molar-refractivity contribution in [3.63, 3.8) is 0 Å². The lowest BCUT2D eigenvalue weighted by atomic mass is 10.2. The second-order valence-electron chi connectivity index (χ2n) is 4.67. The molecule has 1 aliphatic rings. The van der Waals surface area contributed by atoms with Gasteiger partial charge in [-0.15, -0.1) is 11.3 Å². The van der Waals surface area contributed by atoms with E-state index in [4.69, 9.17) is 5.73 Å². The van der Waals surface area contributed by atoms with Crippen LogP contribution in [0.25, 0.3) is 10.1 Å². The Balaban J connectivity index is 1.88. The zero-order valence-corrected chi connectivity index (χ0v) is 12.2. The monoisotopic (exact) mass is 292 g/mol. The molecule has 0 bridgehead atoms. The van der Waals surface area contributed by atoms with Gasteiger partial charge in [0.15, 0.2) is 0 Å². The van der Waals surface area contributed by atoms with Gasteiger partial charge in [0.05, 0.1) is 4.88 Å². The van der Waals surface area contributed by atoms with Gasteiger partial charge in [0, 0.05) is 29.2 Å². The predicted molar refractivity (Wildman–Crippen MR) is 84.1 cm³/mol. The van der Waals surface area contributed by atoms with Gasteiger partial charge in [-0.1, -0.05) is 0 Å². The number of rotatable bonds is 1. The topological polar surface area (TPSA) is 46.3 Å². The van der Waals surface area contributed by atoms with E-state index in [1.54, 1.807) is 11.3 Å². The zero-order chi connectivity index (χ0) is 13.2. The number of fused-ring (bicyclic) bond motifs is 1. The zero-order valence-electron chi connectivity index (χ0n) is 10.6. The van der Waals surface area contributed by atoms with Gasteiger partial charge in [-0.2, -0.15) is 11.8 Å². The molecule has 1 saturated heterocycles. The highest BCUT2D eigenvalue weighted by molar-refractivity contribution is 7.99. The Bertz CT molecular complexity index is 601. The number of thiophene rings is 1. The van der Waals surface area contributed by atoms with Crippen LogP contribution in [-0.2, 0) is 0 Å². The smallest absolute Gasteiger partial charge is 0.263 e. The second-order valence-corrected chi connectivity index (χ2v) is 6.97. The standard InChI is InChI=1S/C14H16N2OS2/c15-11-2-3-12-10(8-11)9-13(19-12)14(17)16-4-1-6-18-7-5-16/h2-3,8-9H,1,4-7,15H2. The van der Waals surface area contributed by atoms with Crippen LogP contribution in [0.15, 0.2) is 24.3 Å². The Labute approximate surface area is 120 Å². The van der Waals surface area contributed by atoms with E-state index in [0.29, 0.717) is 0 Å². The molecule has 1 aromatic heterocycles. The first-order valence-corrected chi connectivity index (χ1v) is 8.37. The van der Waals surface area contributed by atoms with Crippen LogP contribution in [0.5, 0.6) is 0 Å². The Hall–Kier alpha value is -1.20. The number of nitrogens with zero attached hydrogens (tertiary/aromatic N) is 1. The molecule has 2 heterocycles. The van der Waals surface area contributed by atoms with Gasteiger partial charge in [-0.25, -0.2) is 0 Å². The number of anilines is 1. The van der Waals surface area contributed by atoms with Crippen LogP contribution in [0.3, 0.4) is 0 Å². The highest BCUT2D eigenvalue weighted by atomic mass is 32.2. The van der Waals surface area contributed by atoms with Crippen molar-refractivity contribution in [1.82, 2.24) is 4.90 Å². The molecule has 0 atom stereocenters. The molecule has 1 fully saturated rings. The van der Waals surface area contributed by atoms with Crippen molar-refractivity contribution in [3.05, 3.63) is 29.1 Å². The van der Waals surface area contributed by atoms with Crippen LogP contribution in [0, 0.1) is 0 Å². The molecule has 0 radical (unpaired) electrons. The molecule has 0 aliphatic carbocycles. The predicted octanol–water partition coefficient (Wildman–Crippen LogP) is 3.06. The number of nitrogens with two attached hydrogens (primary N) is 1. The van der Waals surface area contributed by atoms with E-state index in [-0.39, 0.29) is 5.91 Å². The number of hydrogen-bond donors (Lipinski definition) is 1. The average Bonchev–Trinajstić information content (AvgIpc) is 2.64. The van der Waals surface area contributed by atoms with E-state index in [1.807, 2.05) is 40.9 Å². The summed E-state index contributed by atoms with van der Waals surface area (Å²) >= 11 is 3.49. The molecule has 1 amide bonds. The molecule has 2 N–H and O–H groups in total. The van der Waals surface area contributed by atoms with Crippen LogP contribution in [-0.4, -0.2) is 35.4 Å².